The first kappa shape index (κ1) is 15.4. The van der Waals surface area contributed by atoms with Gasteiger partial charge in [0.05, 0.1) is 24.4 Å². The number of aliphatic hydroxyl groups is 2. The SMILES string of the molecule is CO[C@@]12CC[C@H](O)C[C@@H]1N(C(=O)c1cc(CO)ccn1)CC2. The van der Waals surface area contributed by atoms with Gasteiger partial charge in [-0.25, -0.2) is 0 Å². The molecule has 0 radical (unpaired) electrons. The Kier molecular flexibility index (Phi) is 4.16. The average Bonchev–Trinajstić information content (AvgIpc) is 2.93. The Labute approximate surface area is 129 Å². The Morgan fingerprint density at radius 3 is 3.09 bits per heavy atom. The molecule has 0 spiro atoms. The van der Waals surface area contributed by atoms with Crippen LogP contribution in [0.15, 0.2) is 18.3 Å². The number of aromatic nitrogens is 1. The van der Waals surface area contributed by atoms with Gasteiger partial charge in [0.25, 0.3) is 5.91 Å². The van der Waals surface area contributed by atoms with Gasteiger partial charge in [-0.05, 0) is 43.4 Å². The maximum Gasteiger partial charge on any atom is 0.272 e. The topological polar surface area (TPSA) is 82.9 Å². The Hall–Kier alpha value is -1.50. The third-order valence-electron chi connectivity index (χ3n) is 5.05. The Morgan fingerprint density at radius 2 is 2.36 bits per heavy atom. The molecule has 1 saturated carbocycles. The van der Waals surface area contributed by atoms with Gasteiger partial charge < -0.3 is 19.8 Å². The fraction of sp³-hybridized carbons (Fsp3) is 0.625. The zero-order chi connectivity index (χ0) is 15.7. The minimum Gasteiger partial charge on any atom is -0.393 e. The Morgan fingerprint density at radius 1 is 1.55 bits per heavy atom. The summed E-state index contributed by atoms with van der Waals surface area (Å²) in [6.07, 6.45) is 3.95. The Bertz CT molecular complexity index is 565. The van der Waals surface area contributed by atoms with E-state index in [1.54, 1.807) is 24.1 Å². The molecule has 2 heterocycles. The third kappa shape index (κ3) is 2.51. The van der Waals surface area contributed by atoms with Gasteiger partial charge >= 0.3 is 0 Å². The van der Waals surface area contributed by atoms with E-state index in [-0.39, 0.29) is 24.2 Å². The molecular weight excluding hydrogens is 284 g/mol. The van der Waals surface area contributed by atoms with Crippen LogP contribution in [0.4, 0.5) is 0 Å². The number of carbonyl (C=O) groups is 1. The fourth-order valence-corrected chi connectivity index (χ4v) is 3.76. The van der Waals surface area contributed by atoms with Crippen LogP contribution in [0.2, 0.25) is 0 Å². The molecule has 2 N–H and O–H groups in total. The molecule has 3 rings (SSSR count). The Balaban J connectivity index is 1.86. The molecule has 6 heteroatoms. The van der Waals surface area contributed by atoms with Gasteiger partial charge in [0.15, 0.2) is 0 Å². The molecule has 1 aliphatic heterocycles. The van der Waals surface area contributed by atoms with Crippen LogP contribution in [0, 0.1) is 0 Å². The number of fused-ring (bicyclic) bond motifs is 1. The molecule has 6 nitrogen and oxygen atoms in total. The first-order valence-electron chi connectivity index (χ1n) is 7.69. The molecule has 1 aromatic heterocycles. The average molecular weight is 306 g/mol. The number of aliphatic hydroxyl groups excluding tert-OH is 2. The highest BCUT2D eigenvalue weighted by Gasteiger charge is 2.52. The predicted molar refractivity (Wildman–Crippen MR) is 79.2 cm³/mol. The molecule has 1 aromatic rings. The summed E-state index contributed by atoms with van der Waals surface area (Å²) in [6.45, 7) is 0.488. The van der Waals surface area contributed by atoms with Crippen molar-refractivity contribution < 1.29 is 19.7 Å². The second-order valence-corrected chi connectivity index (χ2v) is 6.17. The van der Waals surface area contributed by atoms with Crippen molar-refractivity contribution in [3.05, 3.63) is 29.6 Å². The van der Waals surface area contributed by atoms with E-state index in [1.165, 1.54) is 6.20 Å². The summed E-state index contributed by atoms with van der Waals surface area (Å²) in [5.74, 6) is -0.159. The molecule has 1 saturated heterocycles. The number of amides is 1. The molecule has 120 valence electrons. The lowest BCUT2D eigenvalue weighted by atomic mass is 9.79. The summed E-state index contributed by atoms with van der Waals surface area (Å²) in [5, 5.41) is 19.2. The molecule has 3 atom stereocenters. The molecule has 2 fully saturated rings. The van der Waals surface area contributed by atoms with Crippen LogP contribution in [-0.4, -0.2) is 57.4 Å². The van der Waals surface area contributed by atoms with Crippen LogP contribution in [0.5, 0.6) is 0 Å². The summed E-state index contributed by atoms with van der Waals surface area (Å²) in [5.41, 5.74) is 0.654. The molecule has 0 bridgehead atoms. The van der Waals surface area contributed by atoms with E-state index in [2.05, 4.69) is 4.98 Å². The summed E-state index contributed by atoms with van der Waals surface area (Å²) in [4.78, 5) is 18.7. The molecular formula is C16H22N2O4. The lowest BCUT2D eigenvalue weighted by Gasteiger charge is -2.42. The van der Waals surface area contributed by atoms with E-state index < -0.39 is 6.10 Å². The zero-order valence-electron chi connectivity index (χ0n) is 12.7. The highest BCUT2D eigenvalue weighted by Crippen LogP contribution is 2.42. The minimum absolute atomic E-state index is 0.117. The van der Waals surface area contributed by atoms with Crippen molar-refractivity contribution >= 4 is 5.91 Å². The van der Waals surface area contributed by atoms with Gasteiger partial charge in [-0.1, -0.05) is 0 Å². The maximum absolute atomic E-state index is 12.8. The van der Waals surface area contributed by atoms with Gasteiger partial charge in [0.1, 0.15) is 5.69 Å². The molecule has 0 unspecified atom stereocenters. The summed E-state index contributed by atoms with van der Waals surface area (Å²) in [6, 6.07) is 3.19. The van der Waals surface area contributed by atoms with E-state index in [4.69, 9.17) is 4.74 Å². The summed E-state index contributed by atoms with van der Waals surface area (Å²) in [7, 11) is 1.68. The van der Waals surface area contributed by atoms with Gasteiger partial charge in [-0.3, -0.25) is 9.78 Å². The fourth-order valence-electron chi connectivity index (χ4n) is 3.76. The van der Waals surface area contributed by atoms with Gasteiger partial charge in [0.2, 0.25) is 0 Å². The maximum atomic E-state index is 12.8. The van der Waals surface area contributed by atoms with E-state index in [0.29, 0.717) is 30.6 Å². The van der Waals surface area contributed by atoms with Crippen LogP contribution in [0.3, 0.4) is 0 Å². The van der Waals surface area contributed by atoms with Crippen molar-refractivity contribution in [2.45, 2.75) is 50.0 Å². The number of carbonyl (C=O) groups excluding carboxylic acids is 1. The molecule has 1 amide bonds. The van der Waals surface area contributed by atoms with Gasteiger partial charge in [-0.15, -0.1) is 0 Å². The molecule has 22 heavy (non-hydrogen) atoms. The molecule has 1 aliphatic carbocycles. The van der Waals surface area contributed by atoms with E-state index in [9.17, 15) is 15.0 Å². The second-order valence-electron chi connectivity index (χ2n) is 6.17. The number of pyridine rings is 1. The second kappa shape index (κ2) is 5.95. The van der Waals surface area contributed by atoms with Crippen molar-refractivity contribution in [2.24, 2.45) is 0 Å². The number of likely N-dealkylation sites (tertiary alicyclic amines) is 1. The van der Waals surface area contributed by atoms with Crippen molar-refractivity contribution in [3.63, 3.8) is 0 Å². The number of nitrogens with zero attached hydrogens (tertiary/aromatic N) is 2. The zero-order valence-corrected chi connectivity index (χ0v) is 12.7. The normalized spacial score (nSPS) is 31.1. The molecule has 2 aliphatic rings. The van der Waals surface area contributed by atoms with Crippen LogP contribution < -0.4 is 0 Å². The number of hydrogen-bond acceptors (Lipinski definition) is 5. The van der Waals surface area contributed by atoms with Crippen LogP contribution in [-0.2, 0) is 11.3 Å². The van der Waals surface area contributed by atoms with Gasteiger partial charge in [-0.2, -0.15) is 0 Å². The quantitative estimate of drug-likeness (QED) is 0.860. The van der Waals surface area contributed by atoms with Gasteiger partial charge in [0, 0.05) is 19.9 Å². The van der Waals surface area contributed by atoms with E-state index in [0.717, 1.165) is 12.8 Å². The largest absolute Gasteiger partial charge is 0.393 e. The van der Waals surface area contributed by atoms with Crippen LogP contribution in [0.1, 0.15) is 41.7 Å². The van der Waals surface area contributed by atoms with Crippen LogP contribution >= 0.6 is 0 Å². The minimum atomic E-state index is -0.390. The number of rotatable bonds is 3. The molecule has 0 aromatic carbocycles. The van der Waals surface area contributed by atoms with Crippen LogP contribution in [0.25, 0.3) is 0 Å². The van der Waals surface area contributed by atoms with Crippen molar-refractivity contribution in [1.29, 1.82) is 0 Å². The number of hydrogen-bond donors (Lipinski definition) is 2. The predicted octanol–water partition coefficient (Wildman–Crippen LogP) is 0.718. The smallest absolute Gasteiger partial charge is 0.272 e. The third-order valence-corrected chi connectivity index (χ3v) is 5.05. The number of methoxy groups -OCH3 is 1. The standard InChI is InChI=1S/C16H22N2O4/c1-22-16-4-2-12(20)9-14(16)18(7-5-16)15(21)13-8-11(10-19)3-6-17-13/h3,6,8,12,14,19-20H,2,4-5,7,9-10H2,1H3/t12-,14-,16+/m0/s1. The van der Waals surface area contributed by atoms with E-state index in [1.807, 2.05) is 0 Å². The summed E-state index contributed by atoms with van der Waals surface area (Å²) >= 11 is 0. The lowest BCUT2D eigenvalue weighted by molar-refractivity contribution is -0.0824. The highest BCUT2D eigenvalue weighted by atomic mass is 16.5. The monoisotopic (exact) mass is 306 g/mol. The van der Waals surface area contributed by atoms with Crippen molar-refractivity contribution in [3.8, 4) is 0 Å². The first-order chi connectivity index (χ1) is 10.6. The summed E-state index contributed by atoms with van der Waals surface area (Å²) < 4.78 is 5.75. The van der Waals surface area contributed by atoms with E-state index >= 15 is 0 Å². The highest BCUT2D eigenvalue weighted by molar-refractivity contribution is 5.93. The lowest BCUT2D eigenvalue weighted by Crippen LogP contribution is -2.52. The van der Waals surface area contributed by atoms with Crippen molar-refractivity contribution in [2.75, 3.05) is 13.7 Å². The first-order valence-corrected chi connectivity index (χ1v) is 7.69. The number of ether oxygens (including phenoxy) is 1. The van der Waals surface area contributed by atoms with Crippen molar-refractivity contribution in [1.82, 2.24) is 9.88 Å².